The topological polar surface area (TPSA) is 66.9 Å². The summed E-state index contributed by atoms with van der Waals surface area (Å²) >= 11 is 0. The zero-order valence-corrected chi connectivity index (χ0v) is 13.5. The first-order chi connectivity index (χ1) is 10.4. The molecule has 5 heteroatoms. The number of nitrogens with zero attached hydrogens (tertiary/aromatic N) is 2. The number of nitrogens with one attached hydrogen (secondary N) is 2. The summed E-state index contributed by atoms with van der Waals surface area (Å²) in [5.74, 6) is 1.94. The third kappa shape index (κ3) is 4.55. The SMILES string of the molecule is CC(=O)c1ccc(Nc2cc(C)nc(NCC(C)C)n2)cc1. The molecule has 0 saturated carbocycles. The Hall–Kier alpha value is -2.43. The normalized spacial score (nSPS) is 10.6. The van der Waals surface area contributed by atoms with Crippen LogP contribution in [0.15, 0.2) is 30.3 Å². The van der Waals surface area contributed by atoms with Crippen molar-refractivity contribution in [3.05, 3.63) is 41.6 Å². The fourth-order valence-electron chi connectivity index (χ4n) is 1.94. The Balaban J connectivity index is 2.13. The van der Waals surface area contributed by atoms with E-state index in [4.69, 9.17) is 0 Å². The van der Waals surface area contributed by atoms with Crippen molar-refractivity contribution in [2.45, 2.75) is 27.7 Å². The summed E-state index contributed by atoms with van der Waals surface area (Å²) in [4.78, 5) is 20.1. The average Bonchev–Trinajstić information content (AvgIpc) is 2.45. The molecule has 0 fully saturated rings. The molecule has 116 valence electrons. The van der Waals surface area contributed by atoms with Crippen LogP contribution in [0.25, 0.3) is 0 Å². The van der Waals surface area contributed by atoms with Crippen molar-refractivity contribution >= 4 is 23.2 Å². The van der Waals surface area contributed by atoms with Gasteiger partial charge in [-0.1, -0.05) is 13.8 Å². The molecular formula is C17H22N4O. The molecule has 0 amide bonds. The molecule has 2 aromatic rings. The van der Waals surface area contributed by atoms with E-state index < -0.39 is 0 Å². The van der Waals surface area contributed by atoms with E-state index in [1.807, 2.05) is 25.1 Å². The lowest BCUT2D eigenvalue weighted by atomic mass is 10.1. The summed E-state index contributed by atoms with van der Waals surface area (Å²) in [6.45, 7) is 8.60. The Labute approximate surface area is 131 Å². The number of aromatic nitrogens is 2. The van der Waals surface area contributed by atoms with Gasteiger partial charge in [-0.05, 0) is 44.0 Å². The zero-order valence-electron chi connectivity index (χ0n) is 13.5. The maximum absolute atomic E-state index is 11.3. The highest BCUT2D eigenvalue weighted by atomic mass is 16.1. The highest BCUT2D eigenvalue weighted by Crippen LogP contribution is 2.17. The summed E-state index contributed by atoms with van der Waals surface area (Å²) in [5.41, 5.74) is 2.48. The van der Waals surface area contributed by atoms with Crippen molar-refractivity contribution in [2.75, 3.05) is 17.2 Å². The minimum atomic E-state index is 0.0598. The van der Waals surface area contributed by atoms with Gasteiger partial charge in [0.05, 0.1) is 0 Å². The predicted octanol–water partition coefficient (Wildman–Crippen LogP) is 3.80. The fraction of sp³-hybridized carbons (Fsp3) is 0.353. The van der Waals surface area contributed by atoms with Crippen LogP contribution in [0.3, 0.4) is 0 Å². The first kappa shape index (κ1) is 15.9. The maximum Gasteiger partial charge on any atom is 0.224 e. The van der Waals surface area contributed by atoms with Gasteiger partial charge in [0.1, 0.15) is 5.82 Å². The molecular weight excluding hydrogens is 276 g/mol. The van der Waals surface area contributed by atoms with Crippen molar-refractivity contribution < 1.29 is 4.79 Å². The lowest BCUT2D eigenvalue weighted by Crippen LogP contribution is -2.11. The van der Waals surface area contributed by atoms with E-state index in [0.29, 0.717) is 17.4 Å². The van der Waals surface area contributed by atoms with E-state index in [1.54, 1.807) is 19.1 Å². The van der Waals surface area contributed by atoms with Crippen molar-refractivity contribution in [1.82, 2.24) is 9.97 Å². The van der Waals surface area contributed by atoms with E-state index >= 15 is 0 Å². The number of Topliss-reactive ketones (excluding diaryl/α,β-unsaturated/α-hetero) is 1. The zero-order chi connectivity index (χ0) is 16.1. The van der Waals surface area contributed by atoms with Gasteiger partial charge in [-0.15, -0.1) is 0 Å². The van der Waals surface area contributed by atoms with Crippen LogP contribution in [0, 0.1) is 12.8 Å². The van der Waals surface area contributed by atoms with Gasteiger partial charge >= 0.3 is 0 Å². The number of ketones is 1. The largest absolute Gasteiger partial charge is 0.354 e. The van der Waals surface area contributed by atoms with Crippen molar-refractivity contribution in [1.29, 1.82) is 0 Å². The molecule has 0 saturated heterocycles. The number of hydrogen-bond donors (Lipinski definition) is 2. The fourth-order valence-corrected chi connectivity index (χ4v) is 1.94. The number of hydrogen-bond acceptors (Lipinski definition) is 5. The van der Waals surface area contributed by atoms with E-state index in [1.165, 1.54) is 0 Å². The molecule has 2 rings (SSSR count). The molecule has 0 spiro atoms. The quantitative estimate of drug-likeness (QED) is 0.794. The van der Waals surface area contributed by atoms with Crippen molar-refractivity contribution in [3.8, 4) is 0 Å². The number of carbonyl (C=O) groups is 1. The second-order valence-electron chi connectivity index (χ2n) is 5.75. The summed E-state index contributed by atoms with van der Waals surface area (Å²) in [6.07, 6.45) is 0. The lowest BCUT2D eigenvalue weighted by Gasteiger charge is -2.11. The molecule has 0 radical (unpaired) electrons. The molecule has 0 bridgehead atoms. The van der Waals surface area contributed by atoms with Gasteiger partial charge in [-0.25, -0.2) is 4.98 Å². The molecule has 1 aromatic carbocycles. The minimum Gasteiger partial charge on any atom is -0.354 e. The standard InChI is InChI=1S/C17H22N4O/c1-11(2)10-18-17-19-12(3)9-16(21-17)20-15-7-5-14(6-8-15)13(4)22/h5-9,11H,10H2,1-4H3,(H2,18,19,20,21). The van der Waals surface area contributed by atoms with E-state index in [9.17, 15) is 4.79 Å². The molecule has 0 aliphatic carbocycles. The highest BCUT2D eigenvalue weighted by Gasteiger charge is 2.04. The van der Waals surface area contributed by atoms with Gasteiger partial charge in [0.15, 0.2) is 5.78 Å². The van der Waals surface area contributed by atoms with Crippen LogP contribution in [0.2, 0.25) is 0 Å². The van der Waals surface area contributed by atoms with Crippen LogP contribution in [0.5, 0.6) is 0 Å². The molecule has 2 N–H and O–H groups in total. The Kier molecular flexibility index (Phi) is 5.09. The second-order valence-corrected chi connectivity index (χ2v) is 5.75. The first-order valence-electron chi connectivity index (χ1n) is 7.41. The third-order valence-corrected chi connectivity index (χ3v) is 3.09. The highest BCUT2D eigenvalue weighted by molar-refractivity contribution is 5.94. The predicted molar refractivity (Wildman–Crippen MR) is 89.8 cm³/mol. The smallest absolute Gasteiger partial charge is 0.224 e. The van der Waals surface area contributed by atoms with Crippen LogP contribution in [-0.2, 0) is 0 Å². The number of carbonyl (C=O) groups excluding carboxylic acids is 1. The summed E-state index contributed by atoms with van der Waals surface area (Å²) < 4.78 is 0. The molecule has 0 aliphatic heterocycles. The van der Waals surface area contributed by atoms with Crippen LogP contribution in [0.4, 0.5) is 17.5 Å². The second kappa shape index (κ2) is 7.02. The molecule has 0 unspecified atom stereocenters. The van der Waals surface area contributed by atoms with Crippen LogP contribution < -0.4 is 10.6 Å². The number of benzene rings is 1. The van der Waals surface area contributed by atoms with Crippen LogP contribution >= 0.6 is 0 Å². The Morgan fingerprint density at radius 3 is 2.45 bits per heavy atom. The van der Waals surface area contributed by atoms with Crippen molar-refractivity contribution in [3.63, 3.8) is 0 Å². The number of anilines is 3. The minimum absolute atomic E-state index is 0.0598. The molecule has 0 aliphatic rings. The summed E-state index contributed by atoms with van der Waals surface area (Å²) in [5, 5.41) is 6.46. The van der Waals surface area contributed by atoms with Crippen LogP contribution in [-0.4, -0.2) is 22.3 Å². The lowest BCUT2D eigenvalue weighted by molar-refractivity contribution is 0.101. The first-order valence-corrected chi connectivity index (χ1v) is 7.41. The van der Waals surface area contributed by atoms with Gasteiger partial charge in [-0.2, -0.15) is 4.98 Å². The van der Waals surface area contributed by atoms with Gasteiger partial charge in [0.25, 0.3) is 0 Å². The Morgan fingerprint density at radius 2 is 1.86 bits per heavy atom. The van der Waals surface area contributed by atoms with E-state index in [-0.39, 0.29) is 5.78 Å². The van der Waals surface area contributed by atoms with Gasteiger partial charge < -0.3 is 10.6 Å². The maximum atomic E-state index is 11.3. The molecule has 22 heavy (non-hydrogen) atoms. The number of rotatable bonds is 6. The Bertz CT molecular complexity index is 650. The van der Waals surface area contributed by atoms with E-state index in [0.717, 1.165) is 23.7 Å². The Morgan fingerprint density at radius 1 is 1.18 bits per heavy atom. The average molecular weight is 298 g/mol. The molecule has 5 nitrogen and oxygen atoms in total. The van der Waals surface area contributed by atoms with E-state index in [2.05, 4.69) is 34.4 Å². The van der Waals surface area contributed by atoms with Crippen molar-refractivity contribution in [2.24, 2.45) is 5.92 Å². The molecule has 0 atom stereocenters. The van der Waals surface area contributed by atoms with Crippen LogP contribution in [0.1, 0.15) is 36.8 Å². The summed E-state index contributed by atoms with van der Waals surface area (Å²) in [6, 6.07) is 9.23. The third-order valence-electron chi connectivity index (χ3n) is 3.09. The molecule has 1 aromatic heterocycles. The molecule has 1 heterocycles. The monoisotopic (exact) mass is 298 g/mol. The summed E-state index contributed by atoms with van der Waals surface area (Å²) in [7, 11) is 0. The van der Waals surface area contributed by atoms with Gasteiger partial charge in [-0.3, -0.25) is 4.79 Å². The van der Waals surface area contributed by atoms with Gasteiger partial charge in [0, 0.05) is 29.6 Å². The van der Waals surface area contributed by atoms with Gasteiger partial charge in [0.2, 0.25) is 5.95 Å². The number of aryl methyl sites for hydroxylation is 1.